The molecule has 0 radical (unpaired) electrons. The molecule has 0 atom stereocenters. The summed E-state index contributed by atoms with van der Waals surface area (Å²) in [4.78, 5) is 0. The second-order valence-electron chi connectivity index (χ2n) is 4.31. The minimum atomic E-state index is 0.139. The van der Waals surface area contributed by atoms with Crippen LogP contribution in [0.4, 0.5) is 5.69 Å². The van der Waals surface area contributed by atoms with Gasteiger partial charge in [-0.2, -0.15) is 0 Å². The molecule has 1 aromatic rings. The van der Waals surface area contributed by atoms with Crippen LogP contribution in [0.1, 0.15) is 19.4 Å². The number of hydrogen-bond donors (Lipinski definition) is 2. The molecule has 0 aliphatic heterocycles. The molecule has 1 rings (SSSR count). The van der Waals surface area contributed by atoms with E-state index in [9.17, 15) is 0 Å². The van der Waals surface area contributed by atoms with E-state index in [1.54, 1.807) is 11.9 Å². The average Bonchev–Trinajstić information content (AvgIpc) is 2.18. The molecule has 0 saturated heterocycles. The van der Waals surface area contributed by atoms with Crippen LogP contribution in [0.15, 0.2) is 24.3 Å². The second-order valence-corrected chi connectivity index (χ2v) is 4.93. The number of rotatable bonds is 5. The first-order valence-electron chi connectivity index (χ1n) is 5.14. The topological polar surface area (TPSA) is 24.1 Å². The van der Waals surface area contributed by atoms with Crippen LogP contribution in [0, 0.1) is 0 Å². The van der Waals surface area contributed by atoms with Crippen molar-refractivity contribution in [2.24, 2.45) is 0 Å². The van der Waals surface area contributed by atoms with Crippen molar-refractivity contribution in [2.45, 2.75) is 25.8 Å². The van der Waals surface area contributed by atoms with Crippen LogP contribution in [0.3, 0.4) is 0 Å². The maximum Gasteiger partial charge on any atom is 0.0337 e. The van der Waals surface area contributed by atoms with Crippen molar-refractivity contribution in [1.29, 1.82) is 0 Å². The van der Waals surface area contributed by atoms with E-state index in [4.69, 9.17) is 0 Å². The van der Waals surface area contributed by atoms with E-state index in [1.807, 2.05) is 7.05 Å². The average molecular weight is 224 g/mol. The lowest BCUT2D eigenvalue weighted by Crippen LogP contribution is -2.36. The van der Waals surface area contributed by atoms with Gasteiger partial charge in [-0.25, -0.2) is 0 Å². The zero-order chi connectivity index (χ0) is 11.3. The second kappa shape index (κ2) is 5.42. The Hall–Kier alpha value is -0.670. The Kier molecular flexibility index (Phi) is 4.48. The SMILES string of the molecule is CNc1ccc(CC(C)(C)NSC)cc1. The lowest BCUT2D eigenvalue weighted by molar-refractivity contribution is 0.479. The Balaban J connectivity index is 2.64. The Morgan fingerprint density at radius 3 is 2.27 bits per heavy atom. The van der Waals surface area contributed by atoms with E-state index in [0.717, 1.165) is 12.1 Å². The fourth-order valence-corrected chi connectivity index (χ4v) is 2.24. The third kappa shape index (κ3) is 4.14. The van der Waals surface area contributed by atoms with Crippen molar-refractivity contribution >= 4 is 17.6 Å². The largest absolute Gasteiger partial charge is 0.388 e. The van der Waals surface area contributed by atoms with E-state index in [2.05, 4.69) is 54.4 Å². The molecular formula is C12H20N2S. The molecule has 0 saturated carbocycles. The highest BCUT2D eigenvalue weighted by molar-refractivity contribution is 7.96. The van der Waals surface area contributed by atoms with E-state index in [1.165, 1.54) is 5.56 Å². The molecule has 1 aromatic carbocycles. The summed E-state index contributed by atoms with van der Waals surface area (Å²) in [5, 5.41) is 3.12. The lowest BCUT2D eigenvalue weighted by Gasteiger charge is -2.25. The Morgan fingerprint density at radius 2 is 1.80 bits per heavy atom. The van der Waals surface area contributed by atoms with Gasteiger partial charge in [-0.05, 0) is 44.2 Å². The highest BCUT2D eigenvalue weighted by Gasteiger charge is 2.16. The number of anilines is 1. The molecule has 0 aliphatic carbocycles. The number of hydrogen-bond acceptors (Lipinski definition) is 3. The minimum Gasteiger partial charge on any atom is -0.388 e. The highest BCUT2D eigenvalue weighted by atomic mass is 32.2. The lowest BCUT2D eigenvalue weighted by atomic mass is 9.96. The van der Waals surface area contributed by atoms with Gasteiger partial charge in [0.05, 0.1) is 0 Å². The van der Waals surface area contributed by atoms with Crippen LogP contribution in [-0.4, -0.2) is 18.8 Å². The predicted molar refractivity (Wildman–Crippen MR) is 70.4 cm³/mol. The zero-order valence-corrected chi connectivity index (χ0v) is 10.7. The van der Waals surface area contributed by atoms with E-state index in [-0.39, 0.29) is 5.54 Å². The summed E-state index contributed by atoms with van der Waals surface area (Å²) in [6.45, 7) is 4.44. The molecule has 0 aromatic heterocycles. The molecule has 0 fully saturated rings. The van der Waals surface area contributed by atoms with Crippen molar-refractivity contribution in [3.63, 3.8) is 0 Å². The molecule has 0 amide bonds. The van der Waals surface area contributed by atoms with Gasteiger partial charge in [0.15, 0.2) is 0 Å². The monoisotopic (exact) mass is 224 g/mol. The molecule has 15 heavy (non-hydrogen) atoms. The Labute approximate surface area is 97.0 Å². The summed E-state index contributed by atoms with van der Waals surface area (Å²) in [5.41, 5.74) is 2.66. The molecule has 0 bridgehead atoms. The summed E-state index contributed by atoms with van der Waals surface area (Å²) >= 11 is 1.67. The van der Waals surface area contributed by atoms with Gasteiger partial charge < -0.3 is 5.32 Å². The maximum absolute atomic E-state index is 3.40. The van der Waals surface area contributed by atoms with Gasteiger partial charge in [0, 0.05) is 18.3 Å². The van der Waals surface area contributed by atoms with Crippen LogP contribution in [-0.2, 0) is 6.42 Å². The first-order valence-corrected chi connectivity index (χ1v) is 6.37. The predicted octanol–water partition coefficient (Wildman–Crippen LogP) is 2.92. The fraction of sp³-hybridized carbons (Fsp3) is 0.500. The molecular weight excluding hydrogens is 204 g/mol. The van der Waals surface area contributed by atoms with Crippen LogP contribution < -0.4 is 10.0 Å². The van der Waals surface area contributed by atoms with E-state index < -0.39 is 0 Å². The van der Waals surface area contributed by atoms with Gasteiger partial charge in [-0.3, -0.25) is 4.72 Å². The Bertz CT molecular complexity index is 293. The smallest absolute Gasteiger partial charge is 0.0337 e. The van der Waals surface area contributed by atoms with Crippen LogP contribution in [0.5, 0.6) is 0 Å². The van der Waals surface area contributed by atoms with Crippen molar-refractivity contribution in [2.75, 3.05) is 18.6 Å². The Morgan fingerprint density at radius 1 is 1.20 bits per heavy atom. The van der Waals surface area contributed by atoms with Crippen molar-refractivity contribution in [3.8, 4) is 0 Å². The van der Waals surface area contributed by atoms with Crippen molar-refractivity contribution < 1.29 is 0 Å². The molecule has 0 spiro atoms. The highest BCUT2D eigenvalue weighted by Crippen LogP contribution is 2.16. The quantitative estimate of drug-likeness (QED) is 0.752. The van der Waals surface area contributed by atoms with Gasteiger partial charge in [0.1, 0.15) is 0 Å². The number of nitrogens with one attached hydrogen (secondary N) is 2. The summed E-state index contributed by atoms with van der Waals surface area (Å²) < 4.78 is 3.40. The summed E-state index contributed by atoms with van der Waals surface area (Å²) in [6.07, 6.45) is 3.10. The van der Waals surface area contributed by atoms with Crippen molar-refractivity contribution in [1.82, 2.24) is 4.72 Å². The number of benzene rings is 1. The molecule has 0 aliphatic rings. The van der Waals surface area contributed by atoms with Crippen LogP contribution >= 0.6 is 11.9 Å². The summed E-state index contributed by atoms with van der Waals surface area (Å²) in [5.74, 6) is 0. The van der Waals surface area contributed by atoms with Gasteiger partial charge in [-0.1, -0.05) is 24.1 Å². The van der Waals surface area contributed by atoms with Gasteiger partial charge in [0.2, 0.25) is 0 Å². The van der Waals surface area contributed by atoms with E-state index >= 15 is 0 Å². The normalized spacial score (nSPS) is 11.5. The molecule has 84 valence electrons. The molecule has 0 heterocycles. The standard InChI is InChI=1S/C12H20N2S/c1-12(2,14-15-4)9-10-5-7-11(13-3)8-6-10/h5-8,13-14H,9H2,1-4H3. The minimum absolute atomic E-state index is 0.139. The van der Waals surface area contributed by atoms with Crippen molar-refractivity contribution in [3.05, 3.63) is 29.8 Å². The maximum atomic E-state index is 3.40. The summed E-state index contributed by atoms with van der Waals surface area (Å²) in [6, 6.07) is 8.58. The third-order valence-corrected chi connectivity index (χ3v) is 3.02. The molecule has 2 N–H and O–H groups in total. The van der Waals surface area contributed by atoms with Crippen LogP contribution in [0.25, 0.3) is 0 Å². The van der Waals surface area contributed by atoms with Gasteiger partial charge in [-0.15, -0.1) is 0 Å². The zero-order valence-electron chi connectivity index (χ0n) is 9.92. The van der Waals surface area contributed by atoms with Crippen LogP contribution in [0.2, 0.25) is 0 Å². The van der Waals surface area contributed by atoms with Gasteiger partial charge >= 0.3 is 0 Å². The fourth-order valence-electron chi connectivity index (χ4n) is 1.61. The molecule has 3 heteroatoms. The first kappa shape index (κ1) is 12.4. The summed E-state index contributed by atoms with van der Waals surface area (Å²) in [7, 11) is 1.94. The molecule has 0 unspecified atom stereocenters. The van der Waals surface area contributed by atoms with Gasteiger partial charge in [0.25, 0.3) is 0 Å². The third-order valence-electron chi connectivity index (χ3n) is 2.27. The molecule has 2 nitrogen and oxygen atoms in total. The van der Waals surface area contributed by atoms with E-state index in [0.29, 0.717) is 0 Å². The first-order chi connectivity index (χ1) is 7.07.